The van der Waals surface area contributed by atoms with Crippen molar-refractivity contribution in [1.82, 2.24) is 5.32 Å². The van der Waals surface area contributed by atoms with Gasteiger partial charge in [-0.15, -0.1) is 0 Å². The molecule has 0 aromatic heterocycles. The van der Waals surface area contributed by atoms with Gasteiger partial charge in [0.1, 0.15) is 0 Å². The highest BCUT2D eigenvalue weighted by molar-refractivity contribution is 9.10. The molecule has 4 heteroatoms. The first-order valence-corrected chi connectivity index (χ1v) is 7.07. The zero-order valence-electron chi connectivity index (χ0n) is 9.51. The van der Waals surface area contributed by atoms with E-state index in [0.717, 1.165) is 11.0 Å². The van der Waals surface area contributed by atoms with Crippen molar-refractivity contribution in [2.24, 2.45) is 5.92 Å². The molecule has 2 rings (SSSR count). The molecule has 0 unspecified atom stereocenters. The van der Waals surface area contributed by atoms with Gasteiger partial charge in [-0.05, 0) is 37.0 Å². The molecule has 2 nitrogen and oxygen atoms in total. The van der Waals surface area contributed by atoms with Crippen LogP contribution >= 0.6 is 27.5 Å². The zero-order valence-corrected chi connectivity index (χ0v) is 11.9. The van der Waals surface area contributed by atoms with Gasteiger partial charge in [-0.2, -0.15) is 0 Å². The Morgan fingerprint density at radius 3 is 2.82 bits per heavy atom. The highest BCUT2D eigenvalue weighted by Crippen LogP contribution is 2.24. The quantitative estimate of drug-likeness (QED) is 0.896. The van der Waals surface area contributed by atoms with Crippen molar-refractivity contribution < 1.29 is 4.79 Å². The molecule has 0 heterocycles. The number of amides is 1. The predicted octanol–water partition coefficient (Wildman–Crippen LogP) is 4.02. The minimum Gasteiger partial charge on any atom is -0.352 e. The SMILES string of the molecule is O=C(NCC1CCCC1)c1cc(Br)ccc1Cl. The summed E-state index contributed by atoms with van der Waals surface area (Å²) in [5.74, 6) is 0.563. The first-order valence-electron chi connectivity index (χ1n) is 5.90. The minimum atomic E-state index is -0.0804. The molecule has 1 aromatic carbocycles. The third-order valence-corrected chi connectivity index (χ3v) is 4.02. The summed E-state index contributed by atoms with van der Waals surface area (Å²) in [6.07, 6.45) is 5.04. The third kappa shape index (κ3) is 3.46. The van der Waals surface area contributed by atoms with Gasteiger partial charge in [0.2, 0.25) is 0 Å². The van der Waals surface area contributed by atoms with Crippen molar-refractivity contribution in [2.75, 3.05) is 6.54 Å². The Hall–Kier alpha value is -0.540. The molecular weight excluding hydrogens is 302 g/mol. The maximum absolute atomic E-state index is 12.0. The molecule has 0 bridgehead atoms. The van der Waals surface area contributed by atoms with Gasteiger partial charge in [0, 0.05) is 11.0 Å². The summed E-state index contributed by atoms with van der Waals surface area (Å²) in [6.45, 7) is 0.766. The molecule has 1 aliphatic rings. The fourth-order valence-corrected chi connectivity index (χ4v) is 2.78. The van der Waals surface area contributed by atoms with E-state index in [1.807, 2.05) is 6.07 Å². The standard InChI is InChI=1S/C13H15BrClNO/c14-10-5-6-12(15)11(7-10)13(17)16-8-9-3-1-2-4-9/h5-7,9H,1-4,8H2,(H,16,17). The molecule has 17 heavy (non-hydrogen) atoms. The van der Waals surface area contributed by atoms with E-state index < -0.39 is 0 Å². The van der Waals surface area contributed by atoms with Gasteiger partial charge in [-0.1, -0.05) is 40.4 Å². The average molecular weight is 317 g/mol. The Morgan fingerprint density at radius 2 is 2.12 bits per heavy atom. The summed E-state index contributed by atoms with van der Waals surface area (Å²) in [5.41, 5.74) is 0.541. The van der Waals surface area contributed by atoms with Crippen LogP contribution in [0.4, 0.5) is 0 Å². The van der Waals surface area contributed by atoms with Crippen LogP contribution in [0.3, 0.4) is 0 Å². The summed E-state index contributed by atoms with van der Waals surface area (Å²) in [6, 6.07) is 5.32. The van der Waals surface area contributed by atoms with Crippen molar-refractivity contribution in [1.29, 1.82) is 0 Å². The van der Waals surface area contributed by atoms with E-state index in [9.17, 15) is 4.79 Å². The summed E-state index contributed by atoms with van der Waals surface area (Å²) >= 11 is 9.35. The van der Waals surface area contributed by atoms with Crippen molar-refractivity contribution in [3.05, 3.63) is 33.3 Å². The molecule has 0 spiro atoms. The highest BCUT2D eigenvalue weighted by Gasteiger charge is 2.17. The lowest BCUT2D eigenvalue weighted by Crippen LogP contribution is -2.28. The lowest BCUT2D eigenvalue weighted by molar-refractivity contribution is 0.0947. The maximum Gasteiger partial charge on any atom is 0.252 e. The first-order chi connectivity index (χ1) is 8.16. The first kappa shape index (κ1) is 12.9. The fourth-order valence-electron chi connectivity index (χ4n) is 2.22. The predicted molar refractivity (Wildman–Crippen MR) is 73.4 cm³/mol. The Kier molecular flexibility index (Phi) is 4.46. The van der Waals surface area contributed by atoms with Crippen LogP contribution in [0.2, 0.25) is 5.02 Å². The molecule has 0 aliphatic heterocycles. The molecule has 1 aromatic rings. The third-order valence-electron chi connectivity index (χ3n) is 3.20. The van der Waals surface area contributed by atoms with Gasteiger partial charge in [0.05, 0.1) is 10.6 Å². The minimum absolute atomic E-state index is 0.0804. The molecular formula is C13H15BrClNO. The molecule has 1 aliphatic carbocycles. The lowest BCUT2D eigenvalue weighted by atomic mass is 10.1. The van der Waals surface area contributed by atoms with Crippen molar-refractivity contribution in [3.8, 4) is 0 Å². The van der Waals surface area contributed by atoms with Crippen LogP contribution in [0.5, 0.6) is 0 Å². The number of carbonyl (C=O) groups is 1. The molecule has 0 saturated heterocycles. The highest BCUT2D eigenvalue weighted by atomic mass is 79.9. The number of hydrogen-bond donors (Lipinski definition) is 1. The monoisotopic (exact) mass is 315 g/mol. The Bertz CT molecular complexity index is 416. The van der Waals surface area contributed by atoms with E-state index in [-0.39, 0.29) is 5.91 Å². The largest absolute Gasteiger partial charge is 0.352 e. The number of hydrogen-bond acceptors (Lipinski definition) is 1. The normalized spacial score (nSPS) is 16.1. The Balaban J connectivity index is 1.96. The van der Waals surface area contributed by atoms with Gasteiger partial charge < -0.3 is 5.32 Å². The number of benzene rings is 1. The maximum atomic E-state index is 12.0. The van der Waals surface area contributed by atoms with Crippen LogP contribution in [0.25, 0.3) is 0 Å². The Morgan fingerprint density at radius 1 is 1.41 bits per heavy atom. The number of rotatable bonds is 3. The molecule has 1 saturated carbocycles. The fraction of sp³-hybridized carbons (Fsp3) is 0.462. The van der Waals surface area contributed by atoms with Gasteiger partial charge in [-0.3, -0.25) is 4.79 Å². The second-order valence-corrected chi connectivity index (χ2v) is 5.81. The van der Waals surface area contributed by atoms with Crippen LogP contribution in [0.1, 0.15) is 36.0 Å². The van der Waals surface area contributed by atoms with Crippen LogP contribution in [-0.2, 0) is 0 Å². The van der Waals surface area contributed by atoms with Crippen LogP contribution in [0.15, 0.2) is 22.7 Å². The van der Waals surface area contributed by atoms with Gasteiger partial charge in [-0.25, -0.2) is 0 Å². The van der Waals surface area contributed by atoms with Crippen LogP contribution < -0.4 is 5.32 Å². The zero-order chi connectivity index (χ0) is 12.3. The van der Waals surface area contributed by atoms with Gasteiger partial charge >= 0.3 is 0 Å². The number of halogens is 2. The summed E-state index contributed by atoms with van der Waals surface area (Å²) in [7, 11) is 0. The van der Waals surface area contributed by atoms with Crippen molar-refractivity contribution >= 4 is 33.4 Å². The number of carbonyl (C=O) groups excluding carboxylic acids is 1. The molecule has 92 valence electrons. The van der Waals surface area contributed by atoms with E-state index in [1.54, 1.807) is 12.1 Å². The average Bonchev–Trinajstić information content (AvgIpc) is 2.82. The Labute approximate surface area is 115 Å². The van der Waals surface area contributed by atoms with Gasteiger partial charge in [0.25, 0.3) is 5.91 Å². The van der Waals surface area contributed by atoms with Gasteiger partial charge in [0.15, 0.2) is 0 Å². The molecule has 1 N–H and O–H groups in total. The summed E-state index contributed by atoms with van der Waals surface area (Å²) < 4.78 is 0.868. The van der Waals surface area contributed by atoms with E-state index in [0.29, 0.717) is 16.5 Å². The van der Waals surface area contributed by atoms with Crippen LogP contribution in [0, 0.1) is 5.92 Å². The molecule has 0 radical (unpaired) electrons. The van der Waals surface area contributed by atoms with Crippen LogP contribution in [-0.4, -0.2) is 12.5 Å². The summed E-state index contributed by atoms with van der Waals surface area (Å²) in [5, 5.41) is 3.46. The van der Waals surface area contributed by atoms with E-state index in [4.69, 9.17) is 11.6 Å². The molecule has 1 amide bonds. The summed E-state index contributed by atoms with van der Waals surface area (Å²) in [4.78, 5) is 12.0. The van der Waals surface area contributed by atoms with E-state index >= 15 is 0 Å². The molecule has 0 atom stereocenters. The second-order valence-electron chi connectivity index (χ2n) is 4.48. The smallest absolute Gasteiger partial charge is 0.252 e. The second kappa shape index (κ2) is 5.87. The topological polar surface area (TPSA) is 29.1 Å². The van der Waals surface area contributed by atoms with E-state index in [2.05, 4.69) is 21.2 Å². The van der Waals surface area contributed by atoms with Crippen molar-refractivity contribution in [3.63, 3.8) is 0 Å². The van der Waals surface area contributed by atoms with E-state index in [1.165, 1.54) is 25.7 Å². The lowest BCUT2D eigenvalue weighted by Gasteiger charge is -2.11. The number of nitrogens with one attached hydrogen (secondary N) is 1. The van der Waals surface area contributed by atoms with Crippen molar-refractivity contribution in [2.45, 2.75) is 25.7 Å². The molecule has 1 fully saturated rings.